The van der Waals surface area contributed by atoms with Crippen LogP contribution in [-0.4, -0.2) is 38.7 Å². The number of nitrogens with zero attached hydrogens (tertiary/aromatic N) is 4. The number of carbonyl (C=O) groups excluding carboxylic acids is 1. The van der Waals surface area contributed by atoms with Gasteiger partial charge in [0.1, 0.15) is 5.82 Å². The number of pyridine rings is 1. The van der Waals surface area contributed by atoms with E-state index in [0.29, 0.717) is 17.3 Å². The summed E-state index contributed by atoms with van der Waals surface area (Å²) in [7, 11) is 0. The fourth-order valence-corrected chi connectivity index (χ4v) is 4.43. The van der Waals surface area contributed by atoms with Crippen molar-refractivity contribution in [3.8, 4) is 16.9 Å². The molecule has 166 valence electrons. The van der Waals surface area contributed by atoms with Crippen LogP contribution in [0.2, 0.25) is 0 Å². The molecule has 2 aromatic carbocycles. The van der Waals surface area contributed by atoms with Crippen molar-refractivity contribution in [2.24, 2.45) is 5.92 Å². The van der Waals surface area contributed by atoms with E-state index in [4.69, 9.17) is 0 Å². The third kappa shape index (κ3) is 4.70. The number of hydrogen-bond acceptors (Lipinski definition) is 3. The zero-order valence-corrected chi connectivity index (χ0v) is 18.3. The van der Waals surface area contributed by atoms with Gasteiger partial charge in [-0.1, -0.05) is 30.3 Å². The summed E-state index contributed by atoms with van der Waals surface area (Å²) in [6, 6.07) is 22.2. The topological polar surface area (TPSA) is 51.0 Å². The molecule has 0 N–H and O–H groups in total. The second kappa shape index (κ2) is 9.36. The summed E-state index contributed by atoms with van der Waals surface area (Å²) in [5.41, 5.74) is 4.02. The number of likely N-dealkylation sites (tertiary alicyclic amines) is 1. The van der Waals surface area contributed by atoms with Gasteiger partial charge in [-0.05, 0) is 73.2 Å². The summed E-state index contributed by atoms with van der Waals surface area (Å²) in [6.45, 7) is 1.45. The molecule has 0 saturated carbocycles. The highest BCUT2D eigenvalue weighted by Crippen LogP contribution is 2.26. The first-order valence-corrected chi connectivity index (χ1v) is 11.3. The van der Waals surface area contributed by atoms with Crippen LogP contribution in [0.25, 0.3) is 16.9 Å². The van der Waals surface area contributed by atoms with Crippen molar-refractivity contribution in [3.05, 3.63) is 102 Å². The molecule has 1 aliphatic rings. The monoisotopic (exact) mass is 440 g/mol. The van der Waals surface area contributed by atoms with E-state index < -0.39 is 0 Å². The Labute approximate surface area is 192 Å². The number of rotatable bonds is 5. The number of benzene rings is 2. The SMILES string of the molecule is O=C(c1cc(-c2cccnc2)n(-c2ccc(F)cc2)n1)N1CCC(Cc2ccccc2)CC1. The quantitative estimate of drug-likeness (QED) is 0.430. The molecule has 3 heterocycles. The first-order valence-electron chi connectivity index (χ1n) is 11.3. The average Bonchev–Trinajstić information content (AvgIpc) is 3.31. The minimum absolute atomic E-state index is 0.0702. The predicted molar refractivity (Wildman–Crippen MR) is 126 cm³/mol. The molecule has 2 aromatic heterocycles. The fourth-order valence-electron chi connectivity index (χ4n) is 4.43. The molecule has 6 heteroatoms. The molecule has 0 aliphatic carbocycles. The predicted octanol–water partition coefficient (Wildman–Crippen LogP) is 5.17. The maximum Gasteiger partial charge on any atom is 0.274 e. The molecular weight excluding hydrogens is 415 g/mol. The lowest BCUT2D eigenvalue weighted by Crippen LogP contribution is -2.39. The molecule has 1 aliphatic heterocycles. The Kier molecular flexibility index (Phi) is 5.98. The Morgan fingerprint density at radius 2 is 1.73 bits per heavy atom. The van der Waals surface area contributed by atoms with Gasteiger partial charge in [-0.25, -0.2) is 9.07 Å². The summed E-state index contributed by atoms with van der Waals surface area (Å²) < 4.78 is 15.2. The smallest absolute Gasteiger partial charge is 0.274 e. The molecule has 33 heavy (non-hydrogen) atoms. The van der Waals surface area contributed by atoms with Gasteiger partial charge in [0.2, 0.25) is 0 Å². The van der Waals surface area contributed by atoms with Crippen molar-refractivity contribution in [2.75, 3.05) is 13.1 Å². The van der Waals surface area contributed by atoms with Gasteiger partial charge in [0, 0.05) is 31.0 Å². The number of hydrogen-bond donors (Lipinski definition) is 0. The number of aromatic nitrogens is 3. The fraction of sp³-hybridized carbons (Fsp3) is 0.222. The van der Waals surface area contributed by atoms with Gasteiger partial charge in [0.25, 0.3) is 5.91 Å². The number of halogens is 1. The van der Waals surface area contributed by atoms with Crippen molar-refractivity contribution in [1.82, 2.24) is 19.7 Å². The van der Waals surface area contributed by atoms with Crippen molar-refractivity contribution in [1.29, 1.82) is 0 Å². The van der Waals surface area contributed by atoms with Crippen LogP contribution in [0.3, 0.4) is 0 Å². The number of carbonyl (C=O) groups is 1. The molecule has 0 atom stereocenters. The summed E-state index contributed by atoms with van der Waals surface area (Å²) in [6.07, 6.45) is 6.45. The zero-order valence-electron chi connectivity index (χ0n) is 18.3. The first-order chi connectivity index (χ1) is 16.2. The summed E-state index contributed by atoms with van der Waals surface area (Å²) in [5, 5.41) is 4.62. The first kappa shape index (κ1) is 21.1. The standard InChI is InChI=1S/C27H25FN4O/c28-23-8-10-24(11-9-23)32-26(22-7-4-14-29-19-22)18-25(30-32)27(33)31-15-12-21(13-16-31)17-20-5-2-1-3-6-20/h1-11,14,18-19,21H,12-13,15-17H2. The maximum atomic E-state index is 13.5. The maximum absolute atomic E-state index is 13.5. The molecule has 5 nitrogen and oxygen atoms in total. The second-order valence-electron chi connectivity index (χ2n) is 8.47. The minimum atomic E-state index is -0.316. The van der Waals surface area contributed by atoms with Gasteiger partial charge in [0.15, 0.2) is 5.69 Å². The van der Waals surface area contributed by atoms with E-state index in [1.165, 1.54) is 17.7 Å². The molecule has 1 saturated heterocycles. The van der Waals surface area contributed by atoms with Crippen LogP contribution in [0.15, 0.2) is 85.2 Å². The number of amides is 1. The molecular formula is C27H25FN4O. The Hall–Kier alpha value is -3.80. The second-order valence-corrected chi connectivity index (χ2v) is 8.47. The van der Waals surface area contributed by atoms with E-state index in [1.807, 2.05) is 23.1 Å². The average molecular weight is 441 g/mol. The van der Waals surface area contributed by atoms with Crippen LogP contribution >= 0.6 is 0 Å². The van der Waals surface area contributed by atoms with Gasteiger partial charge < -0.3 is 4.90 Å². The van der Waals surface area contributed by atoms with E-state index in [9.17, 15) is 9.18 Å². The largest absolute Gasteiger partial charge is 0.337 e. The third-order valence-electron chi connectivity index (χ3n) is 6.23. The Balaban J connectivity index is 1.36. The van der Waals surface area contributed by atoms with Gasteiger partial charge >= 0.3 is 0 Å². The summed E-state index contributed by atoms with van der Waals surface area (Å²) in [5.74, 6) is 0.196. The van der Waals surface area contributed by atoms with E-state index in [2.05, 4.69) is 34.3 Å². The van der Waals surface area contributed by atoms with Gasteiger partial charge in [-0.3, -0.25) is 9.78 Å². The normalized spacial score (nSPS) is 14.4. The van der Waals surface area contributed by atoms with E-state index in [0.717, 1.165) is 43.6 Å². The summed E-state index contributed by atoms with van der Waals surface area (Å²) in [4.78, 5) is 19.4. The molecule has 5 rings (SSSR count). The van der Waals surface area contributed by atoms with Crippen LogP contribution < -0.4 is 0 Å². The molecule has 0 unspecified atom stereocenters. The molecule has 1 fully saturated rings. The molecule has 0 radical (unpaired) electrons. The van der Waals surface area contributed by atoms with E-state index in [1.54, 1.807) is 35.3 Å². The third-order valence-corrected chi connectivity index (χ3v) is 6.23. The highest BCUT2D eigenvalue weighted by Gasteiger charge is 2.26. The van der Waals surface area contributed by atoms with Gasteiger partial charge in [-0.2, -0.15) is 5.10 Å². The van der Waals surface area contributed by atoms with Crippen LogP contribution in [-0.2, 0) is 6.42 Å². The number of piperidine rings is 1. The molecule has 4 aromatic rings. The van der Waals surface area contributed by atoms with Crippen LogP contribution in [0.4, 0.5) is 4.39 Å². The van der Waals surface area contributed by atoms with Gasteiger partial charge in [0.05, 0.1) is 11.4 Å². The van der Waals surface area contributed by atoms with Gasteiger partial charge in [-0.15, -0.1) is 0 Å². The van der Waals surface area contributed by atoms with Crippen molar-refractivity contribution in [2.45, 2.75) is 19.3 Å². The lowest BCUT2D eigenvalue weighted by atomic mass is 9.90. The van der Waals surface area contributed by atoms with E-state index in [-0.39, 0.29) is 11.7 Å². The van der Waals surface area contributed by atoms with Crippen LogP contribution in [0, 0.1) is 11.7 Å². The van der Waals surface area contributed by atoms with Crippen LogP contribution in [0.5, 0.6) is 0 Å². The lowest BCUT2D eigenvalue weighted by molar-refractivity contribution is 0.0684. The Morgan fingerprint density at radius 3 is 2.42 bits per heavy atom. The highest BCUT2D eigenvalue weighted by molar-refractivity contribution is 5.93. The van der Waals surface area contributed by atoms with E-state index >= 15 is 0 Å². The van der Waals surface area contributed by atoms with Crippen molar-refractivity contribution >= 4 is 5.91 Å². The van der Waals surface area contributed by atoms with Crippen molar-refractivity contribution < 1.29 is 9.18 Å². The highest BCUT2D eigenvalue weighted by atomic mass is 19.1. The Morgan fingerprint density at radius 1 is 0.970 bits per heavy atom. The molecule has 0 bridgehead atoms. The molecule has 0 spiro atoms. The zero-order chi connectivity index (χ0) is 22.6. The summed E-state index contributed by atoms with van der Waals surface area (Å²) >= 11 is 0. The molecule has 1 amide bonds. The Bertz CT molecular complexity index is 1210. The van der Waals surface area contributed by atoms with Crippen LogP contribution in [0.1, 0.15) is 28.9 Å². The lowest BCUT2D eigenvalue weighted by Gasteiger charge is -2.31. The van der Waals surface area contributed by atoms with Crippen molar-refractivity contribution in [3.63, 3.8) is 0 Å². The minimum Gasteiger partial charge on any atom is -0.337 e.